The summed E-state index contributed by atoms with van der Waals surface area (Å²) in [6.45, 7) is 24.4. The van der Waals surface area contributed by atoms with Gasteiger partial charge in [-0.1, -0.05) is 6.07 Å². The van der Waals surface area contributed by atoms with E-state index in [1.54, 1.807) is 27.1 Å². The van der Waals surface area contributed by atoms with Gasteiger partial charge in [0.2, 0.25) is 0 Å². The van der Waals surface area contributed by atoms with E-state index in [2.05, 4.69) is 250 Å². The third kappa shape index (κ3) is 5.92. The summed E-state index contributed by atoms with van der Waals surface area (Å²) in [4.78, 5) is 0. The molecule has 2 saturated carbocycles. The van der Waals surface area contributed by atoms with Crippen LogP contribution in [0.3, 0.4) is 0 Å². The molecule has 4 heteroatoms. The van der Waals surface area contributed by atoms with Crippen molar-refractivity contribution in [3.05, 3.63) is 210 Å². The van der Waals surface area contributed by atoms with Gasteiger partial charge in [-0.25, -0.2) is 0 Å². The van der Waals surface area contributed by atoms with Crippen LogP contribution in [0.5, 0.6) is 0 Å². The van der Waals surface area contributed by atoms with Gasteiger partial charge in [0, 0.05) is 0 Å². The molecule has 10 atom stereocenters. The van der Waals surface area contributed by atoms with Gasteiger partial charge in [0.1, 0.15) is 0 Å². The number of fused-ring (bicyclic) bond motifs is 10. The maximum Gasteiger partial charge on any atom is -1.00 e. The Labute approximate surface area is 426 Å². The average Bonchev–Trinajstić information content (AvgIpc) is 3.76. The van der Waals surface area contributed by atoms with Gasteiger partial charge in [-0.15, -0.1) is 0 Å². The number of hydrogen-bond acceptors (Lipinski definition) is 0. The zero-order valence-electron chi connectivity index (χ0n) is 40.9. The second-order valence-electron chi connectivity index (χ2n) is 21.9. The molecule has 0 aromatic heterocycles. The van der Waals surface area contributed by atoms with Crippen LogP contribution in [0.4, 0.5) is 0 Å². The SMILES string of the molecule is CCCC1=Cc2c(-c3cccc4ccccc34)cccc2C1C1=CC=CC2(C)C3(C)C=CC=CC3(C)C3(C)C4(C)C(C)=CC=CC4[CH]([Zr+2][SiH](c4ccccc4)c4ccccc4)C3(C)C12C.[Cl-].[Cl-]. The fourth-order valence-corrected chi connectivity index (χ4v) is 34.2. The van der Waals surface area contributed by atoms with E-state index >= 15 is 0 Å². The van der Waals surface area contributed by atoms with Crippen molar-refractivity contribution in [1.82, 2.24) is 0 Å². The molecule has 0 aliphatic heterocycles. The molecule has 340 valence electrons. The summed E-state index contributed by atoms with van der Waals surface area (Å²) in [6.07, 6.45) is 30.8. The third-order valence-corrected chi connectivity index (χ3v) is 35.5. The van der Waals surface area contributed by atoms with Gasteiger partial charge in [0.05, 0.1) is 0 Å². The predicted molar refractivity (Wildman–Crippen MR) is 277 cm³/mol. The molecule has 0 amide bonds. The molecule has 0 bridgehead atoms. The fraction of sp³-hybridized carbons (Fsp3) is 0.333. The zero-order valence-corrected chi connectivity index (χ0v) is 46.0. The Morgan fingerprint density at radius 1 is 0.597 bits per heavy atom. The molecule has 67 heavy (non-hydrogen) atoms. The molecule has 5 aromatic rings. The number of rotatable bonds is 8. The Morgan fingerprint density at radius 3 is 1.88 bits per heavy atom. The molecule has 6 aliphatic carbocycles. The van der Waals surface area contributed by atoms with E-state index < -0.39 is 28.3 Å². The third-order valence-electron chi connectivity index (χ3n) is 20.4. The van der Waals surface area contributed by atoms with Gasteiger partial charge < -0.3 is 24.8 Å². The van der Waals surface area contributed by atoms with Crippen LogP contribution in [-0.2, 0) is 22.4 Å². The van der Waals surface area contributed by atoms with E-state index in [1.165, 1.54) is 33.0 Å². The Bertz CT molecular complexity index is 2930. The van der Waals surface area contributed by atoms with Crippen molar-refractivity contribution in [2.75, 3.05) is 0 Å². The smallest absolute Gasteiger partial charge is 1.00 e. The average molecular weight is 1010 g/mol. The van der Waals surface area contributed by atoms with Crippen molar-refractivity contribution in [1.29, 1.82) is 0 Å². The standard InChI is InChI=1S/C51H55.C12H11Si.2ClH.Zr/c1-10-19-36-32-42-40(39-25-16-22-35-21-11-12-24-38(35)39)26-17-27-41(42)44(36)43-28-18-31-46(4)45(3)29-13-14-30-47(45,5)51(9)48(6,50(43,46)8)33-37-23-15-20-34(2)49(37,51)7;1-3-7-11(8-4-1)13-12-9-5-2-6-10-12;;;/h11-18,20-33,37,44H,10,19H2,1-9H3;1-10,13H;2*1H;/q;;;;+2/p-2. The molecule has 0 nitrogen and oxygen atoms in total. The van der Waals surface area contributed by atoms with Crippen molar-refractivity contribution in [2.24, 2.45) is 43.8 Å². The van der Waals surface area contributed by atoms with Crippen LogP contribution in [0.1, 0.15) is 92.2 Å². The van der Waals surface area contributed by atoms with E-state index in [1.807, 2.05) is 0 Å². The summed E-state index contributed by atoms with van der Waals surface area (Å²) in [7, 11) is 0. The van der Waals surface area contributed by atoms with Crippen LogP contribution in [0, 0.1) is 43.8 Å². The Hall–Kier alpha value is -3.78. The first kappa shape index (κ1) is 48.3. The minimum atomic E-state index is -1.59. The van der Waals surface area contributed by atoms with E-state index in [-0.39, 0.29) is 68.6 Å². The molecule has 0 N–H and O–H groups in total. The van der Waals surface area contributed by atoms with Crippen molar-refractivity contribution in [3.8, 4) is 11.1 Å². The Kier molecular flexibility index (Phi) is 12.2. The maximum absolute atomic E-state index is 2.90. The van der Waals surface area contributed by atoms with Crippen LogP contribution in [-0.4, -0.2) is 5.92 Å². The zero-order chi connectivity index (χ0) is 45.2. The molecule has 5 aromatic carbocycles. The summed E-state index contributed by atoms with van der Waals surface area (Å²) in [5.74, 6) is -0.943. The molecule has 11 rings (SSSR count). The van der Waals surface area contributed by atoms with Gasteiger partial charge in [0.25, 0.3) is 0 Å². The van der Waals surface area contributed by atoms with Crippen LogP contribution >= 0.6 is 0 Å². The van der Waals surface area contributed by atoms with E-state index in [0.717, 1.165) is 12.8 Å². The minimum Gasteiger partial charge on any atom is -1.00 e. The predicted octanol–water partition coefficient (Wildman–Crippen LogP) is 9.03. The quantitative estimate of drug-likeness (QED) is 0.136. The molecule has 2 fully saturated rings. The van der Waals surface area contributed by atoms with E-state index in [4.69, 9.17) is 0 Å². The summed E-state index contributed by atoms with van der Waals surface area (Å²) in [5.41, 5.74) is 9.41. The summed E-state index contributed by atoms with van der Waals surface area (Å²) in [5, 5.41) is 5.90. The largest absolute Gasteiger partial charge is 1.00 e. The molecule has 0 spiro atoms. The fourth-order valence-electron chi connectivity index (χ4n) is 16.5. The summed E-state index contributed by atoms with van der Waals surface area (Å²) < 4.78 is 0.569. The first-order chi connectivity index (χ1) is 31.3. The minimum absolute atomic E-state index is 0. The summed E-state index contributed by atoms with van der Waals surface area (Å²) in [6, 6.07) is 46.9. The van der Waals surface area contributed by atoms with Crippen molar-refractivity contribution >= 4 is 33.1 Å². The molecule has 0 radical (unpaired) electrons. The van der Waals surface area contributed by atoms with Crippen LogP contribution in [0.15, 0.2) is 199 Å². The molecular weight excluding hydrogens is 947 g/mol. The molecular formula is C63H66Cl2SiZr. The van der Waals surface area contributed by atoms with Crippen molar-refractivity contribution in [3.63, 3.8) is 0 Å². The first-order valence-electron chi connectivity index (χ1n) is 24.6. The van der Waals surface area contributed by atoms with Gasteiger partial charge >= 0.3 is 399 Å². The van der Waals surface area contributed by atoms with Gasteiger partial charge in [0.15, 0.2) is 0 Å². The van der Waals surface area contributed by atoms with Crippen LogP contribution in [0.25, 0.3) is 28.0 Å². The van der Waals surface area contributed by atoms with Gasteiger partial charge in [-0.2, -0.15) is 0 Å². The van der Waals surface area contributed by atoms with Crippen LogP contribution < -0.4 is 35.2 Å². The van der Waals surface area contributed by atoms with Crippen molar-refractivity contribution < 1.29 is 47.2 Å². The first-order valence-corrected chi connectivity index (χ1v) is 32.0. The number of hydrogen-bond donors (Lipinski definition) is 0. The monoisotopic (exact) mass is 1010 g/mol. The van der Waals surface area contributed by atoms with Gasteiger partial charge in [-0.05, 0) is 0 Å². The van der Waals surface area contributed by atoms with E-state index in [9.17, 15) is 0 Å². The topological polar surface area (TPSA) is 0 Å². The van der Waals surface area contributed by atoms with Crippen LogP contribution in [0.2, 0.25) is 3.63 Å². The maximum atomic E-state index is 2.90. The normalized spacial score (nSPS) is 34.9. The second-order valence-corrected chi connectivity index (χ2v) is 32.6. The van der Waals surface area contributed by atoms with Crippen molar-refractivity contribution in [2.45, 2.75) is 84.7 Å². The molecule has 10 unspecified atom stereocenters. The number of benzene rings is 5. The molecule has 0 heterocycles. The number of allylic oxidation sites excluding steroid dienone is 13. The molecule has 6 aliphatic rings. The second kappa shape index (κ2) is 17.0. The summed E-state index contributed by atoms with van der Waals surface area (Å²) >= 11 is -1.26. The van der Waals surface area contributed by atoms with Gasteiger partial charge in [-0.3, -0.25) is 0 Å². The molecule has 0 saturated heterocycles. The Morgan fingerprint density at radius 2 is 1.19 bits per heavy atom. The number of halogens is 2. The van der Waals surface area contributed by atoms with E-state index in [0.29, 0.717) is 9.54 Å². The Balaban J connectivity index is 0.00000281.